The molecule has 0 amide bonds. The van der Waals surface area contributed by atoms with Crippen molar-refractivity contribution < 1.29 is 0 Å². The summed E-state index contributed by atoms with van der Waals surface area (Å²) >= 11 is 0. The standard InChI is InChI=1S/C11H18/c1-4-6-7-8-10-11(3)9-5-2/h6-10H,4-5H2,1-3H3/b7-6-,10-8-,11-9-. The third kappa shape index (κ3) is 7.11. The normalized spacial score (nSPS) is 13.5. The lowest BCUT2D eigenvalue weighted by atomic mass is 10.2. The van der Waals surface area contributed by atoms with Gasteiger partial charge in [-0.2, -0.15) is 0 Å². The van der Waals surface area contributed by atoms with Gasteiger partial charge in [-0.05, 0) is 19.8 Å². The van der Waals surface area contributed by atoms with Crippen LogP contribution in [0.25, 0.3) is 0 Å². The maximum Gasteiger partial charge on any atom is -0.0374 e. The molecule has 0 radical (unpaired) electrons. The summed E-state index contributed by atoms with van der Waals surface area (Å²) in [4.78, 5) is 0. The lowest BCUT2D eigenvalue weighted by Gasteiger charge is -1.86. The van der Waals surface area contributed by atoms with E-state index in [2.05, 4.69) is 51.2 Å². The second-order valence-electron chi connectivity index (χ2n) is 2.55. The highest BCUT2D eigenvalue weighted by atomic mass is 13.8. The van der Waals surface area contributed by atoms with Crippen LogP contribution in [0.5, 0.6) is 0 Å². The molecule has 0 aliphatic heterocycles. The Bertz CT molecular complexity index is 159. The molecule has 0 rings (SSSR count). The van der Waals surface area contributed by atoms with Crippen molar-refractivity contribution in [1.82, 2.24) is 0 Å². The zero-order valence-electron chi connectivity index (χ0n) is 7.80. The molecule has 0 saturated carbocycles. The van der Waals surface area contributed by atoms with Crippen LogP contribution in [0.3, 0.4) is 0 Å². The molecule has 0 saturated heterocycles. The Morgan fingerprint density at radius 1 is 1.09 bits per heavy atom. The molecule has 0 fully saturated rings. The van der Waals surface area contributed by atoms with E-state index in [1.54, 1.807) is 0 Å². The van der Waals surface area contributed by atoms with E-state index in [0.717, 1.165) is 12.8 Å². The molecule has 0 nitrogen and oxygen atoms in total. The monoisotopic (exact) mass is 150 g/mol. The van der Waals surface area contributed by atoms with Crippen molar-refractivity contribution in [3.05, 3.63) is 36.0 Å². The van der Waals surface area contributed by atoms with Gasteiger partial charge in [-0.3, -0.25) is 0 Å². The van der Waals surface area contributed by atoms with Crippen LogP contribution in [-0.4, -0.2) is 0 Å². The average molecular weight is 150 g/mol. The van der Waals surface area contributed by atoms with Gasteiger partial charge in [0.25, 0.3) is 0 Å². The number of allylic oxidation sites excluding steroid dienone is 6. The lowest BCUT2D eigenvalue weighted by molar-refractivity contribution is 1.20. The first-order valence-electron chi connectivity index (χ1n) is 4.31. The Labute approximate surface area is 70.3 Å². The minimum atomic E-state index is 1.11. The first-order chi connectivity index (χ1) is 5.31. The van der Waals surface area contributed by atoms with Crippen LogP contribution in [-0.2, 0) is 0 Å². The molecule has 0 aliphatic carbocycles. The summed E-state index contributed by atoms with van der Waals surface area (Å²) < 4.78 is 0. The summed E-state index contributed by atoms with van der Waals surface area (Å²) in [5.41, 5.74) is 1.34. The van der Waals surface area contributed by atoms with E-state index in [-0.39, 0.29) is 0 Å². The van der Waals surface area contributed by atoms with E-state index in [1.807, 2.05) is 0 Å². The summed E-state index contributed by atoms with van der Waals surface area (Å²) in [5.74, 6) is 0. The smallest absolute Gasteiger partial charge is 0.0374 e. The van der Waals surface area contributed by atoms with E-state index in [1.165, 1.54) is 5.57 Å². The fourth-order valence-corrected chi connectivity index (χ4v) is 0.812. The van der Waals surface area contributed by atoms with Crippen molar-refractivity contribution >= 4 is 0 Å². The largest absolute Gasteiger partial charge is 0.0848 e. The van der Waals surface area contributed by atoms with E-state index >= 15 is 0 Å². The Balaban J connectivity index is 3.73. The summed E-state index contributed by atoms with van der Waals surface area (Å²) in [6, 6.07) is 0. The molecule has 0 bridgehead atoms. The molecule has 0 aromatic carbocycles. The van der Waals surface area contributed by atoms with Crippen LogP contribution in [0.15, 0.2) is 36.0 Å². The third-order valence-electron chi connectivity index (χ3n) is 1.37. The SMILES string of the molecule is CC\C=C/C=C\C(C)=C/CC. The molecule has 0 heteroatoms. The van der Waals surface area contributed by atoms with E-state index in [9.17, 15) is 0 Å². The minimum Gasteiger partial charge on any atom is -0.0848 e. The van der Waals surface area contributed by atoms with Gasteiger partial charge in [-0.25, -0.2) is 0 Å². The van der Waals surface area contributed by atoms with Gasteiger partial charge in [0.1, 0.15) is 0 Å². The van der Waals surface area contributed by atoms with Gasteiger partial charge in [0, 0.05) is 0 Å². The molecule has 11 heavy (non-hydrogen) atoms. The number of rotatable bonds is 4. The van der Waals surface area contributed by atoms with Gasteiger partial charge in [0.15, 0.2) is 0 Å². The highest BCUT2D eigenvalue weighted by molar-refractivity contribution is 5.19. The molecule has 0 aromatic heterocycles. The van der Waals surface area contributed by atoms with Gasteiger partial charge in [0.2, 0.25) is 0 Å². The van der Waals surface area contributed by atoms with E-state index in [0.29, 0.717) is 0 Å². The van der Waals surface area contributed by atoms with Crippen LogP contribution < -0.4 is 0 Å². The minimum absolute atomic E-state index is 1.11. The molecule has 62 valence electrons. The fourth-order valence-electron chi connectivity index (χ4n) is 0.812. The lowest BCUT2D eigenvalue weighted by Crippen LogP contribution is -1.65. The highest BCUT2D eigenvalue weighted by Gasteiger charge is 1.75. The number of hydrogen-bond donors (Lipinski definition) is 0. The molecular weight excluding hydrogens is 132 g/mol. The average Bonchev–Trinajstić information content (AvgIpc) is 1.99. The molecule has 0 aliphatic rings. The van der Waals surface area contributed by atoms with Gasteiger partial charge in [-0.15, -0.1) is 0 Å². The Morgan fingerprint density at radius 2 is 1.82 bits per heavy atom. The second kappa shape index (κ2) is 7.33. The summed E-state index contributed by atoms with van der Waals surface area (Å²) in [5, 5.41) is 0. The van der Waals surface area contributed by atoms with Crippen LogP contribution in [0.2, 0.25) is 0 Å². The molecule has 0 atom stereocenters. The van der Waals surface area contributed by atoms with E-state index < -0.39 is 0 Å². The Morgan fingerprint density at radius 3 is 2.36 bits per heavy atom. The first kappa shape index (κ1) is 10.2. The first-order valence-corrected chi connectivity index (χ1v) is 4.31. The highest BCUT2D eigenvalue weighted by Crippen LogP contribution is 1.96. The summed E-state index contributed by atoms with van der Waals surface area (Å²) in [6.45, 7) is 6.41. The van der Waals surface area contributed by atoms with Gasteiger partial charge < -0.3 is 0 Å². The van der Waals surface area contributed by atoms with Crippen molar-refractivity contribution in [3.63, 3.8) is 0 Å². The quantitative estimate of drug-likeness (QED) is 0.534. The maximum atomic E-state index is 2.22. The zero-order valence-corrected chi connectivity index (χ0v) is 7.80. The predicted molar refractivity (Wildman–Crippen MR) is 52.6 cm³/mol. The maximum absolute atomic E-state index is 2.22. The zero-order chi connectivity index (χ0) is 8.53. The van der Waals surface area contributed by atoms with Gasteiger partial charge in [-0.1, -0.05) is 49.8 Å². The fraction of sp³-hybridized carbons (Fsp3) is 0.455. The van der Waals surface area contributed by atoms with Crippen molar-refractivity contribution in [1.29, 1.82) is 0 Å². The topological polar surface area (TPSA) is 0 Å². The van der Waals surface area contributed by atoms with Crippen LogP contribution in [0, 0.1) is 0 Å². The molecule has 0 aromatic rings. The predicted octanol–water partition coefficient (Wildman–Crippen LogP) is 3.87. The van der Waals surface area contributed by atoms with Crippen LogP contribution in [0.4, 0.5) is 0 Å². The third-order valence-corrected chi connectivity index (χ3v) is 1.37. The molecule has 0 heterocycles. The molecule has 0 unspecified atom stereocenters. The second-order valence-corrected chi connectivity index (χ2v) is 2.55. The number of hydrogen-bond acceptors (Lipinski definition) is 0. The molecular formula is C11H18. The van der Waals surface area contributed by atoms with E-state index in [4.69, 9.17) is 0 Å². The Kier molecular flexibility index (Phi) is 6.81. The molecule has 0 spiro atoms. The van der Waals surface area contributed by atoms with Crippen molar-refractivity contribution in [2.45, 2.75) is 33.6 Å². The van der Waals surface area contributed by atoms with Crippen molar-refractivity contribution in [2.24, 2.45) is 0 Å². The van der Waals surface area contributed by atoms with Crippen LogP contribution >= 0.6 is 0 Å². The van der Waals surface area contributed by atoms with Crippen molar-refractivity contribution in [2.75, 3.05) is 0 Å². The molecule has 0 N–H and O–H groups in total. The van der Waals surface area contributed by atoms with Gasteiger partial charge in [0.05, 0.1) is 0 Å². The van der Waals surface area contributed by atoms with Crippen molar-refractivity contribution in [3.8, 4) is 0 Å². The van der Waals surface area contributed by atoms with Gasteiger partial charge >= 0.3 is 0 Å². The summed E-state index contributed by atoms with van der Waals surface area (Å²) in [6.07, 6.45) is 12.9. The summed E-state index contributed by atoms with van der Waals surface area (Å²) in [7, 11) is 0. The van der Waals surface area contributed by atoms with Crippen LogP contribution in [0.1, 0.15) is 33.6 Å². The Hall–Kier alpha value is -0.780.